The van der Waals surface area contributed by atoms with Gasteiger partial charge in [-0.15, -0.1) is 24.0 Å². The van der Waals surface area contributed by atoms with Gasteiger partial charge in [0.25, 0.3) is 0 Å². The van der Waals surface area contributed by atoms with Crippen LogP contribution in [0.5, 0.6) is 11.5 Å². The molecule has 0 radical (unpaired) electrons. The number of nitrogens with zero attached hydrogens (tertiary/aromatic N) is 2. The van der Waals surface area contributed by atoms with Gasteiger partial charge in [0, 0.05) is 50.8 Å². The molecule has 0 unspecified atom stereocenters. The maximum Gasteiger partial charge on any atom is 0.222 e. The van der Waals surface area contributed by atoms with Gasteiger partial charge >= 0.3 is 0 Å². The number of halogens is 1. The van der Waals surface area contributed by atoms with E-state index in [0.717, 1.165) is 74.9 Å². The van der Waals surface area contributed by atoms with Crippen LogP contribution in [0.25, 0.3) is 0 Å². The molecule has 3 rings (SSSR count). The number of amides is 1. The molecule has 2 N–H and O–H groups in total. The summed E-state index contributed by atoms with van der Waals surface area (Å²) in [6, 6.07) is 5.84. The summed E-state index contributed by atoms with van der Waals surface area (Å²) in [4.78, 5) is 18.7. The topological polar surface area (TPSA) is 75.2 Å². The predicted molar refractivity (Wildman–Crippen MR) is 127 cm³/mol. The number of ether oxygens (including phenoxy) is 2. The Morgan fingerprint density at radius 3 is 2.79 bits per heavy atom. The van der Waals surface area contributed by atoms with Crippen LogP contribution in [0.1, 0.15) is 45.4 Å². The molecule has 2 aliphatic heterocycles. The Bertz CT molecular complexity index is 684. The molecule has 1 aromatic rings. The first-order chi connectivity index (χ1) is 13.8. The minimum atomic E-state index is 0. The molecule has 0 spiro atoms. The quantitative estimate of drug-likeness (QED) is 0.262. The second-order valence-corrected chi connectivity index (χ2v) is 7.14. The Kier molecular flexibility index (Phi) is 10.4. The summed E-state index contributed by atoms with van der Waals surface area (Å²) in [5.41, 5.74) is 0.909. The molecule has 0 aromatic heterocycles. The Morgan fingerprint density at radius 2 is 1.97 bits per heavy atom. The van der Waals surface area contributed by atoms with E-state index in [-0.39, 0.29) is 24.0 Å². The molecule has 1 amide bonds. The zero-order valence-corrected chi connectivity index (χ0v) is 19.6. The number of anilines is 1. The number of benzene rings is 1. The van der Waals surface area contributed by atoms with Crippen molar-refractivity contribution in [2.24, 2.45) is 4.99 Å². The molecule has 0 bridgehead atoms. The highest BCUT2D eigenvalue weighted by Gasteiger charge is 2.15. The van der Waals surface area contributed by atoms with Gasteiger partial charge in [0.2, 0.25) is 5.91 Å². The van der Waals surface area contributed by atoms with E-state index in [1.165, 1.54) is 0 Å². The second kappa shape index (κ2) is 12.8. The van der Waals surface area contributed by atoms with Crippen LogP contribution in [0.15, 0.2) is 23.2 Å². The summed E-state index contributed by atoms with van der Waals surface area (Å²) in [5.74, 6) is 2.57. The number of carbonyl (C=O) groups is 1. The lowest BCUT2D eigenvalue weighted by Gasteiger charge is -2.20. The summed E-state index contributed by atoms with van der Waals surface area (Å²) < 4.78 is 11.4. The minimum Gasteiger partial charge on any atom is -0.490 e. The molecule has 0 atom stereocenters. The van der Waals surface area contributed by atoms with E-state index < -0.39 is 0 Å². The first-order valence-corrected chi connectivity index (χ1v) is 10.5. The van der Waals surface area contributed by atoms with Crippen LogP contribution in [0, 0.1) is 0 Å². The van der Waals surface area contributed by atoms with Gasteiger partial charge in [-0.1, -0.05) is 6.42 Å². The molecule has 1 saturated heterocycles. The average Bonchev–Trinajstić information content (AvgIpc) is 3.05. The maximum absolute atomic E-state index is 12.1. The van der Waals surface area contributed by atoms with Crippen LogP contribution < -0.4 is 20.1 Å². The van der Waals surface area contributed by atoms with Gasteiger partial charge in [-0.25, -0.2) is 0 Å². The normalized spacial score (nSPS) is 17.1. The van der Waals surface area contributed by atoms with Gasteiger partial charge < -0.3 is 25.0 Å². The number of likely N-dealkylation sites (tertiary alicyclic amines) is 1. The second-order valence-electron chi connectivity index (χ2n) is 7.14. The number of carbonyl (C=O) groups excluding carboxylic acids is 1. The fraction of sp³-hybridized carbons (Fsp3) is 0.619. The van der Waals surface area contributed by atoms with E-state index in [2.05, 4.69) is 15.6 Å². The zero-order chi connectivity index (χ0) is 19.6. The van der Waals surface area contributed by atoms with Gasteiger partial charge in [0.05, 0.1) is 13.2 Å². The van der Waals surface area contributed by atoms with Crippen molar-refractivity contribution in [2.45, 2.75) is 45.4 Å². The fourth-order valence-corrected chi connectivity index (χ4v) is 3.41. The number of guanidine groups is 1. The lowest BCUT2D eigenvalue weighted by atomic mass is 10.2. The molecular weight excluding hydrogens is 483 g/mol. The van der Waals surface area contributed by atoms with Gasteiger partial charge in [0.1, 0.15) is 0 Å². The summed E-state index contributed by atoms with van der Waals surface area (Å²) in [6.45, 7) is 6.51. The van der Waals surface area contributed by atoms with E-state index in [4.69, 9.17) is 9.47 Å². The van der Waals surface area contributed by atoms with E-state index in [0.29, 0.717) is 32.1 Å². The average molecular weight is 516 g/mol. The van der Waals surface area contributed by atoms with Crippen LogP contribution in [-0.4, -0.2) is 56.2 Å². The molecule has 162 valence electrons. The molecule has 29 heavy (non-hydrogen) atoms. The third-order valence-corrected chi connectivity index (χ3v) is 4.88. The lowest BCUT2D eigenvalue weighted by Crippen LogP contribution is -2.32. The molecule has 7 nitrogen and oxygen atoms in total. The van der Waals surface area contributed by atoms with Crippen molar-refractivity contribution in [1.29, 1.82) is 0 Å². The van der Waals surface area contributed by atoms with Crippen molar-refractivity contribution >= 4 is 41.5 Å². The molecule has 8 heteroatoms. The zero-order valence-electron chi connectivity index (χ0n) is 17.2. The summed E-state index contributed by atoms with van der Waals surface area (Å²) in [5, 5.41) is 6.60. The number of nitrogens with one attached hydrogen (secondary N) is 2. The van der Waals surface area contributed by atoms with E-state index >= 15 is 0 Å². The Labute approximate surface area is 190 Å². The van der Waals surface area contributed by atoms with Crippen molar-refractivity contribution in [3.05, 3.63) is 18.2 Å². The van der Waals surface area contributed by atoms with Crippen LogP contribution in [0.3, 0.4) is 0 Å². The van der Waals surface area contributed by atoms with E-state index in [9.17, 15) is 4.79 Å². The standard InChI is InChI=1S/C21H32N4O3.HI/c1-2-22-21(23-11-6-13-25-12-5-3-4-8-20(25)26)24-17-9-10-18-19(16-17)28-15-7-14-27-18;/h9-10,16H,2-8,11-15H2,1H3,(H2,22,23,24);1H. The Morgan fingerprint density at radius 1 is 1.14 bits per heavy atom. The van der Waals surface area contributed by atoms with Crippen LogP contribution in [-0.2, 0) is 4.79 Å². The number of rotatable bonds is 6. The smallest absolute Gasteiger partial charge is 0.222 e. The minimum absolute atomic E-state index is 0. The molecule has 1 fully saturated rings. The molecule has 0 aliphatic carbocycles. The third-order valence-electron chi connectivity index (χ3n) is 4.88. The monoisotopic (exact) mass is 516 g/mol. The number of hydrogen-bond donors (Lipinski definition) is 2. The van der Waals surface area contributed by atoms with Gasteiger partial charge in [-0.3, -0.25) is 9.79 Å². The summed E-state index contributed by atoms with van der Waals surface area (Å²) >= 11 is 0. The van der Waals surface area contributed by atoms with Crippen molar-refractivity contribution in [2.75, 3.05) is 44.7 Å². The van der Waals surface area contributed by atoms with Gasteiger partial charge in [-0.2, -0.15) is 0 Å². The molecule has 0 saturated carbocycles. The SMILES string of the molecule is CCNC(=NCCCN1CCCCCC1=O)Nc1ccc2c(c1)OCCCO2.I. The number of aliphatic imine (C=N–C) groups is 1. The third kappa shape index (κ3) is 7.56. The van der Waals surface area contributed by atoms with Crippen molar-refractivity contribution in [3.8, 4) is 11.5 Å². The number of hydrogen-bond acceptors (Lipinski definition) is 4. The summed E-state index contributed by atoms with van der Waals surface area (Å²) in [6.07, 6.45) is 5.74. The van der Waals surface area contributed by atoms with E-state index in [1.807, 2.05) is 30.0 Å². The largest absolute Gasteiger partial charge is 0.490 e. The highest BCUT2D eigenvalue weighted by atomic mass is 127. The first kappa shape index (κ1) is 23.6. The fourth-order valence-electron chi connectivity index (χ4n) is 3.41. The predicted octanol–water partition coefficient (Wildman–Crippen LogP) is 3.64. The van der Waals surface area contributed by atoms with Crippen molar-refractivity contribution in [1.82, 2.24) is 10.2 Å². The van der Waals surface area contributed by atoms with Crippen molar-refractivity contribution < 1.29 is 14.3 Å². The maximum atomic E-state index is 12.1. The van der Waals surface area contributed by atoms with Crippen LogP contribution >= 0.6 is 24.0 Å². The highest BCUT2D eigenvalue weighted by molar-refractivity contribution is 14.0. The molecular formula is C21H33IN4O3. The van der Waals surface area contributed by atoms with Gasteiger partial charge in [-0.05, 0) is 38.3 Å². The lowest BCUT2D eigenvalue weighted by molar-refractivity contribution is -0.130. The molecule has 2 heterocycles. The van der Waals surface area contributed by atoms with Crippen molar-refractivity contribution in [3.63, 3.8) is 0 Å². The first-order valence-electron chi connectivity index (χ1n) is 10.5. The summed E-state index contributed by atoms with van der Waals surface area (Å²) in [7, 11) is 0. The molecule has 1 aromatic carbocycles. The Balaban J connectivity index is 0.00000300. The molecule has 2 aliphatic rings. The van der Waals surface area contributed by atoms with E-state index in [1.54, 1.807) is 0 Å². The van der Waals surface area contributed by atoms with Gasteiger partial charge in [0.15, 0.2) is 17.5 Å². The van der Waals surface area contributed by atoms with Crippen LogP contribution in [0.2, 0.25) is 0 Å². The highest BCUT2D eigenvalue weighted by Crippen LogP contribution is 2.32. The number of fused-ring (bicyclic) bond motifs is 1. The Hall–Kier alpha value is -1.71. The van der Waals surface area contributed by atoms with Crippen LogP contribution in [0.4, 0.5) is 5.69 Å².